The third-order valence-corrected chi connectivity index (χ3v) is 3.31. The highest BCUT2D eigenvalue weighted by Gasteiger charge is 2.16. The Kier molecular flexibility index (Phi) is 3.84. The first-order valence-electron chi connectivity index (χ1n) is 6.91. The number of aryl methyl sites for hydroxylation is 1. The second-order valence-corrected chi connectivity index (χ2v) is 4.99. The zero-order valence-corrected chi connectivity index (χ0v) is 12.3. The predicted molar refractivity (Wildman–Crippen MR) is 81.8 cm³/mol. The molecule has 1 aromatic carbocycles. The number of fused-ring (bicyclic) bond motifs is 1. The number of benzene rings is 1. The van der Waals surface area contributed by atoms with Crippen LogP contribution < -0.4 is 0 Å². The summed E-state index contributed by atoms with van der Waals surface area (Å²) in [4.78, 5) is 15.4. The number of carboxylic acid groups (broad SMARTS) is 1. The van der Waals surface area contributed by atoms with Crippen LogP contribution in [-0.2, 0) is 11.2 Å². The smallest absolute Gasteiger partial charge is 0.309 e. The third kappa shape index (κ3) is 2.94. The fraction of sp³-hybridized carbons (Fsp3) is 0.125. The van der Waals surface area contributed by atoms with Gasteiger partial charge in [-0.3, -0.25) is 9.20 Å². The standard InChI is InChI=1S/C16H13FN4O2/c1-10-5-4-8-21-15(10)18-13(9-14(22)23)16(21)20-19-12-7-3-2-6-11(12)17/h2-8H,9H2,1H3,(H,22,23). The van der Waals surface area contributed by atoms with Gasteiger partial charge in [-0.2, -0.15) is 0 Å². The van der Waals surface area contributed by atoms with Crippen LogP contribution in [0.5, 0.6) is 0 Å². The number of aromatic nitrogens is 2. The summed E-state index contributed by atoms with van der Waals surface area (Å²) < 4.78 is 15.3. The molecule has 0 radical (unpaired) electrons. The molecular formula is C16H13FN4O2. The van der Waals surface area contributed by atoms with E-state index < -0.39 is 11.8 Å². The maximum atomic E-state index is 13.6. The fourth-order valence-corrected chi connectivity index (χ4v) is 2.24. The van der Waals surface area contributed by atoms with Crippen molar-refractivity contribution in [2.24, 2.45) is 10.2 Å². The van der Waals surface area contributed by atoms with Gasteiger partial charge >= 0.3 is 5.97 Å². The Morgan fingerprint density at radius 2 is 2.04 bits per heavy atom. The number of carboxylic acids is 1. The molecule has 116 valence electrons. The van der Waals surface area contributed by atoms with Crippen molar-refractivity contribution >= 4 is 23.1 Å². The van der Waals surface area contributed by atoms with Crippen molar-refractivity contribution in [3.05, 3.63) is 59.7 Å². The molecule has 0 bridgehead atoms. The number of aliphatic carboxylic acids is 1. The number of hydrogen-bond acceptors (Lipinski definition) is 4. The number of pyridine rings is 1. The maximum Gasteiger partial charge on any atom is 0.309 e. The van der Waals surface area contributed by atoms with E-state index >= 15 is 0 Å². The highest BCUT2D eigenvalue weighted by Crippen LogP contribution is 2.26. The minimum atomic E-state index is -1.02. The zero-order chi connectivity index (χ0) is 16.4. The molecule has 0 aliphatic rings. The van der Waals surface area contributed by atoms with Crippen LogP contribution in [0.2, 0.25) is 0 Å². The molecule has 0 saturated heterocycles. The van der Waals surface area contributed by atoms with Crippen molar-refractivity contribution in [1.82, 2.24) is 9.38 Å². The number of hydrogen-bond donors (Lipinski definition) is 1. The SMILES string of the molecule is Cc1cccn2c(N=Nc3ccccc3F)c(CC(=O)O)nc12. The summed E-state index contributed by atoms with van der Waals surface area (Å²) in [5.74, 6) is -1.23. The average molecular weight is 312 g/mol. The van der Waals surface area contributed by atoms with Crippen LogP contribution in [0.25, 0.3) is 5.65 Å². The van der Waals surface area contributed by atoms with Gasteiger partial charge in [0.1, 0.15) is 11.3 Å². The van der Waals surface area contributed by atoms with Gasteiger partial charge in [0.15, 0.2) is 11.6 Å². The quantitative estimate of drug-likeness (QED) is 0.744. The largest absolute Gasteiger partial charge is 0.481 e. The number of azo groups is 1. The number of rotatable bonds is 4. The summed E-state index contributed by atoms with van der Waals surface area (Å²) in [7, 11) is 0. The molecule has 6 nitrogen and oxygen atoms in total. The summed E-state index contributed by atoms with van der Waals surface area (Å²) in [5.41, 5.74) is 1.85. The maximum absolute atomic E-state index is 13.6. The van der Waals surface area contributed by atoms with E-state index in [1.165, 1.54) is 12.1 Å². The zero-order valence-electron chi connectivity index (χ0n) is 12.3. The van der Waals surface area contributed by atoms with Crippen LogP contribution in [0.4, 0.5) is 15.9 Å². The number of nitrogens with zero attached hydrogens (tertiary/aromatic N) is 4. The van der Waals surface area contributed by atoms with Gasteiger partial charge in [0, 0.05) is 6.20 Å². The van der Waals surface area contributed by atoms with Crippen LogP contribution >= 0.6 is 0 Å². The molecular weight excluding hydrogens is 299 g/mol. The van der Waals surface area contributed by atoms with Gasteiger partial charge in [-0.1, -0.05) is 18.2 Å². The Hall–Kier alpha value is -3.09. The fourth-order valence-electron chi connectivity index (χ4n) is 2.24. The highest BCUT2D eigenvalue weighted by atomic mass is 19.1. The van der Waals surface area contributed by atoms with Crippen LogP contribution in [0.1, 0.15) is 11.3 Å². The number of carbonyl (C=O) groups is 1. The molecule has 7 heteroatoms. The molecule has 2 aromatic heterocycles. The van der Waals surface area contributed by atoms with Gasteiger partial charge in [0.05, 0.1) is 12.1 Å². The van der Waals surface area contributed by atoms with Crippen LogP contribution in [0, 0.1) is 12.7 Å². The molecule has 0 atom stereocenters. The van der Waals surface area contributed by atoms with Gasteiger partial charge in [-0.25, -0.2) is 9.37 Å². The Balaban J connectivity index is 2.13. The molecule has 0 unspecified atom stereocenters. The van der Waals surface area contributed by atoms with E-state index in [1.807, 2.05) is 13.0 Å². The van der Waals surface area contributed by atoms with E-state index in [0.717, 1.165) is 5.56 Å². The van der Waals surface area contributed by atoms with E-state index in [9.17, 15) is 9.18 Å². The van der Waals surface area contributed by atoms with E-state index in [4.69, 9.17) is 5.11 Å². The lowest BCUT2D eigenvalue weighted by molar-refractivity contribution is -0.136. The lowest BCUT2D eigenvalue weighted by Gasteiger charge is -1.99. The first-order valence-corrected chi connectivity index (χ1v) is 6.91. The summed E-state index contributed by atoms with van der Waals surface area (Å²) in [6.07, 6.45) is 1.43. The minimum absolute atomic E-state index is 0.0800. The van der Waals surface area contributed by atoms with Crippen molar-refractivity contribution in [2.75, 3.05) is 0 Å². The average Bonchev–Trinajstić information content (AvgIpc) is 2.85. The molecule has 1 N–H and O–H groups in total. The molecule has 0 aliphatic heterocycles. The van der Waals surface area contributed by atoms with Crippen LogP contribution in [0.3, 0.4) is 0 Å². The summed E-state index contributed by atoms with van der Waals surface area (Å²) in [6, 6.07) is 9.65. The summed E-state index contributed by atoms with van der Waals surface area (Å²) in [5, 5.41) is 17.0. The number of halogens is 1. The Morgan fingerprint density at radius 3 is 2.78 bits per heavy atom. The topological polar surface area (TPSA) is 79.3 Å². The van der Waals surface area contributed by atoms with Crippen molar-refractivity contribution in [3.8, 4) is 0 Å². The molecule has 0 saturated carbocycles. The number of imidazole rings is 1. The Labute approximate surface area is 130 Å². The van der Waals surface area contributed by atoms with Gasteiger partial charge in [-0.15, -0.1) is 10.2 Å². The first kappa shape index (κ1) is 14.8. The van der Waals surface area contributed by atoms with Crippen molar-refractivity contribution in [2.45, 2.75) is 13.3 Å². The highest BCUT2D eigenvalue weighted by molar-refractivity contribution is 5.72. The lowest BCUT2D eigenvalue weighted by atomic mass is 10.3. The molecule has 0 aliphatic carbocycles. The summed E-state index contributed by atoms with van der Waals surface area (Å²) >= 11 is 0. The second kappa shape index (κ2) is 5.96. The molecule has 0 amide bonds. The van der Waals surface area contributed by atoms with E-state index in [1.54, 1.807) is 28.8 Å². The van der Waals surface area contributed by atoms with E-state index in [0.29, 0.717) is 5.65 Å². The van der Waals surface area contributed by atoms with Crippen LogP contribution in [0.15, 0.2) is 52.8 Å². The molecule has 3 aromatic rings. The summed E-state index contributed by atoms with van der Waals surface area (Å²) in [6.45, 7) is 1.87. The first-order chi connectivity index (χ1) is 11.1. The van der Waals surface area contributed by atoms with Gasteiger partial charge in [0.25, 0.3) is 0 Å². The molecule has 3 rings (SSSR count). The van der Waals surface area contributed by atoms with Crippen LogP contribution in [-0.4, -0.2) is 20.5 Å². The van der Waals surface area contributed by atoms with E-state index in [-0.39, 0.29) is 23.6 Å². The Bertz CT molecular complexity index is 918. The second-order valence-electron chi connectivity index (χ2n) is 4.99. The normalized spacial score (nSPS) is 11.4. The molecule has 0 spiro atoms. The van der Waals surface area contributed by atoms with Crippen molar-refractivity contribution in [3.63, 3.8) is 0 Å². The molecule has 2 heterocycles. The van der Waals surface area contributed by atoms with Gasteiger partial charge in [0.2, 0.25) is 0 Å². The monoisotopic (exact) mass is 312 g/mol. The van der Waals surface area contributed by atoms with Gasteiger partial charge in [-0.05, 0) is 30.7 Å². The third-order valence-electron chi connectivity index (χ3n) is 3.31. The molecule has 0 fully saturated rings. The Morgan fingerprint density at radius 1 is 1.26 bits per heavy atom. The minimum Gasteiger partial charge on any atom is -0.481 e. The van der Waals surface area contributed by atoms with Crippen molar-refractivity contribution < 1.29 is 14.3 Å². The predicted octanol–water partition coefficient (Wildman–Crippen LogP) is 3.82. The lowest BCUT2D eigenvalue weighted by Crippen LogP contribution is -2.00. The van der Waals surface area contributed by atoms with Crippen molar-refractivity contribution in [1.29, 1.82) is 0 Å². The van der Waals surface area contributed by atoms with Gasteiger partial charge < -0.3 is 5.11 Å². The van der Waals surface area contributed by atoms with E-state index in [2.05, 4.69) is 15.2 Å². The molecule has 23 heavy (non-hydrogen) atoms.